The number of aryl methyl sites for hydroxylation is 2. The Labute approximate surface area is 234 Å². The molecule has 0 atom stereocenters. The van der Waals surface area contributed by atoms with Crippen molar-refractivity contribution in [2.75, 3.05) is 52.3 Å². The highest BCUT2D eigenvalue weighted by molar-refractivity contribution is 14.1. The molecule has 0 aromatic heterocycles. The summed E-state index contributed by atoms with van der Waals surface area (Å²) in [6.07, 6.45) is 2.11. The average Bonchev–Trinajstić information content (AvgIpc) is 3.01. The highest BCUT2D eigenvalue weighted by Crippen LogP contribution is 2.28. The Morgan fingerprint density at radius 2 is 1.72 bits per heavy atom. The van der Waals surface area contributed by atoms with Crippen LogP contribution in [0.4, 0.5) is 0 Å². The van der Waals surface area contributed by atoms with Gasteiger partial charge in [0.05, 0.1) is 10.6 Å². The third kappa shape index (κ3) is 7.37. The van der Waals surface area contributed by atoms with Gasteiger partial charge in [-0.25, -0.2) is 12.7 Å². The van der Waals surface area contributed by atoms with Crippen molar-refractivity contribution in [3.05, 3.63) is 58.1 Å². The number of amides is 1. The maximum Gasteiger partial charge on any atom is 0.243 e. The van der Waals surface area contributed by atoms with Gasteiger partial charge in [0.25, 0.3) is 0 Å². The molecule has 1 heterocycles. The van der Waals surface area contributed by atoms with Crippen LogP contribution in [0, 0.1) is 13.8 Å². The molecule has 7 nitrogen and oxygen atoms in total. The van der Waals surface area contributed by atoms with E-state index in [0.717, 1.165) is 31.5 Å². The van der Waals surface area contributed by atoms with E-state index >= 15 is 0 Å². The van der Waals surface area contributed by atoms with E-state index in [1.165, 1.54) is 27.2 Å². The first-order chi connectivity index (χ1) is 17.0. The minimum absolute atomic E-state index is 0.0428. The SMILES string of the molecule is Cc1cc(OI)cc(C)c1S(=O)(=O)N(C)CCSCC(=O)N(C)Cc1ccc2c(c1)CCN(C)CC2. The topological polar surface area (TPSA) is 70.2 Å². The van der Waals surface area contributed by atoms with Crippen LogP contribution in [-0.2, 0) is 34.2 Å². The zero-order chi connectivity index (χ0) is 26.5. The van der Waals surface area contributed by atoms with Gasteiger partial charge in [0.1, 0.15) is 5.75 Å². The summed E-state index contributed by atoms with van der Waals surface area (Å²) in [4.78, 5) is 17.1. The van der Waals surface area contributed by atoms with E-state index < -0.39 is 10.0 Å². The number of likely N-dealkylation sites (N-methyl/N-ethyl adjacent to an activating group) is 1. The van der Waals surface area contributed by atoms with Crippen LogP contribution < -0.4 is 3.07 Å². The number of thioether (sulfide) groups is 1. The van der Waals surface area contributed by atoms with E-state index in [2.05, 4.69) is 30.1 Å². The quantitative estimate of drug-likeness (QED) is 0.287. The number of rotatable bonds is 10. The van der Waals surface area contributed by atoms with Gasteiger partial charge in [0.2, 0.25) is 15.9 Å². The van der Waals surface area contributed by atoms with Crippen molar-refractivity contribution in [1.29, 1.82) is 0 Å². The molecule has 0 aliphatic carbocycles. The van der Waals surface area contributed by atoms with Crippen molar-refractivity contribution in [2.45, 2.75) is 38.1 Å². The average molecular weight is 646 g/mol. The highest BCUT2D eigenvalue weighted by atomic mass is 127. The van der Waals surface area contributed by atoms with Gasteiger partial charge in [-0.3, -0.25) is 4.79 Å². The summed E-state index contributed by atoms with van der Waals surface area (Å²) >= 11 is 3.24. The van der Waals surface area contributed by atoms with E-state index in [1.54, 1.807) is 60.9 Å². The van der Waals surface area contributed by atoms with Crippen LogP contribution in [0.3, 0.4) is 0 Å². The maximum atomic E-state index is 13.2. The van der Waals surface area contributed by atoms with Crippen molar-refractivity contribution in [2.24, 2.45) is 0 Å². The van der Waals surface area contributed by atoms with E-state index in [9.17, 15) is 13.2 Å². The lowest BCUT2D eigenvalue weighted by molar-refractivity contribution is -0.127. The molecule has 36 heavy (non-hydrogen) atoms. The summed E-state index contributed by atoms with van der Waals surface area (Å²) in [6, 6.07) is 10.0. The summed E-state index contributed by atoms with van der Waals surface area (Å²) in [7, 11) is 1.94. The second-order valence-electron chi connectivity index (χ2n) is 9.50. The molecule has 3 rings (SSSR count). The Kier molecular flexibility index (Phi) is 10.5. The molecule has 1 amide bonds. The molecule has 0 radical (unpaired) electrons. The first-order valence-corrected chi connectivity index (χ1v) is 15.5. The summed E-state index contributed by atoms with van der Waals surface area (Å²) in [5.41, 5.74) is 5.25. The van der Waals surface area contributed by atoms with Crippen molar-refractivity contribution < 1.29 is 16.3 Å². The Hall–Kier alpha value is -1.34. The van der Waals surface area contributed by atoms with Gasteiger partial charge in [-0.15, -0.1) is 0 Å². The number of fused-ring (bicyclic) bond motifs is 1. The zero-order valence-corrected chi connectivity index (χ0v) is 25.5. The number of hydrogen-bond donors (Lipinski definition) is 0. The van der Waals surface area contributed by atoms with E-state index in [-0.39, 0.29) is 5.91 Å². The summed E-state index contributed by atoms with van der Waals surface area (Å²) in [5.74, 6) is 1.53. The minimum atomic E-state index is -3.63. The second-order valence-corrected chi connectivity index (χ2v) is 13.0. The normalized spacial score (nSPS) is 14.4. The largest absolute Gasteiger partial charge is 0.428 e. The number of carbonyl (C=O) groups is 1. The molecule has 0 N–H and O–H groups in total. The molecule has 10 heteroatoms. The van der Waals surface area contributed by atoms with E-state index in [1.807, 2.05) is 7.05 Å². The van der Waals surface area contributed by atoms with Crippen molar-refractivity contribution in [3.8, 4) is 5.75 Å². The molecule has 1 aliphatic rings. The first-order valence-electron chi connectivity index (χ1n) is 12.0. The van der Waals surface area contributed by atoms with Crippen molar-refractivity contribution in [3.63, 3.8) is 0 Å². The summed E-state index contributed by atoms with van der Waals surface area (Å²) in [6.45, 7) is 6.59. The third-order valence-electron chi connectivity index (χ3n) is 6.61. The monoisotopic (exact) mass is 645 g/mol. The van der Waals surface area contributed by atoms with E-state index in [4.69, 9.17) is 3.07 Å². The van der Waals surface area contributed by atoms with Gasteiger partial charge >= 0.3 is 0 Å². The number of sulfonamides is 1. The Morgan fingerprint density at radius 3 is 2.36 bits per heavy atom. The predicted molar refractivity (Wildman–Crippen MR) is 156 cm³/mol. The van der Waals surface area contributed by atoms with Gasteiger partial charge in [-0.05, 0) is 73.7 Å². The Balaban J connectivity index is 1.49. The lowest BCUT2D eigenvalue weighted by Crippen LogP contribution is -2.31. The maximum absolute atomic E-state index is 13.2. The molecule has 198 valence electrons. The highest BCUT2D eigenvalue weighted by Gasteiger charge is 2.25. The van der Waals surface area contributed by atoms with Crippen LogP contribution in [0.25, 0.3) is 0 Å². The number of halogens is 1. The molecule has 0 fully saturated rings. The van der Waals surface area contributed by atoms with Gasteiger partial charge < -0.3 is 12.9 Å². The molecular weight excluding hydrogens is 609 g/mol. The molecule has 2 aromatic carbocycles. The molecule has 2 aromatic rings. The number of carbonyl (C=O) groups excluding carboxylic acids is 1. The first kappa shape index (κ1) is 29.2. The molecular formula is C26H36IN3O4S2. The number of nitrogens with zero attached hydrogens (tertiary/aromatic N) is 3. The fourth-order valence-electron chi connectivity index (χ4n) is 4.45. The molecule has 0 saturated carbocycles. The summed E-state index contributed by atoms with van der Waals surface area (Å²) in [5, 5.41) is 0. The van der Waals surface area contributed by atoms with Crippen LogP contribution in [0.5, 0.6) is 5.75 Å². The Morgan fingerprint density at radius 1 is 1.08 bits per heavy atom. The molecule has 0 saturated heterocycles. The molecule has 0 unspecified atom stereocenters. The van der Waals surface area contributed by atoms with Crippen molar-refractivity contribution in [1.82, 2.24) is 14.1 Å². The lowest BCUT2D eigenvalue weighted by Gasteiger charge is -2.21. The molecule has 1 aliphatic heterocycles. The third-order valence-corrected chi connectivity index (χ3v) is 10.2. The van der Waals surface area contributed by atoms with Crippen LogP contribution in [-0.4, -0.2) is 80.7 Å². The fourth-order valence-corrected chi connectivity index (χ4v) is 7.34. The van der Waals surface area contributed by atoms with Gasteiger partial charge in [-0.1, -0.05) is 18.2 Å². The lowest BCUT2D eigenvalue weighted by atomic mass is 10.00. The smallest absolute Gasteiger partial charge is 0.243 e. The molecule has 0 bridgehead atoms. The second kappa shape index (κ2) is 12.9. The zero-order valence-electron chi connectivity index (χ0n) is 21.7. The van der Waals surface area contributed by atoms with Crippen LogP contribution in [0.15, 0.2) is 35.2 Å². The van der Waals surface area contributed by atoms with Crippen LogP contribution in [0.2, 0.25) is 0 Å². The molecule has 0 spiro atoms. The van der Waals surface area contributed by atoms with Gasteiger partial charge in [0.15, 0.2) is 23.0 Å². The fraction of sp³-hybridized carbons (Fsp3) is 0.500. The van der Waals surface area contributed by atoms with Gasteiger partial charge in [-0.2, -0.15) is 11.8 Å². The minimum Gasteiger partial charge on any atom is -0.428 e. The van der Waals surface area contributed by atoms with Crippen LogP contribution in [0.1, 0.15) is 27.8 Å². The van der Waals surface area contributed by atoms with Gasteiger partial charge in [0, 0.05) is 46.0 Å². The Bertz CT molecular complexity index is 1170. The predicted octanol–water partition coefficient (Wildman–Crippen LogP) is 4.07. The van der Waals surface area contributed by atoms with Crippen molar-refractivity contribution >= 4 is 50.7 Å². The number of benzene rings is 2. The van der Waals surface area contributed by atoms with Crippen LogP contribution >= 0.6 is 34.8 Å². The standard InChI is InChI=1S/C26H36IN3O4S2/c1-19-14-24(34-27)15-20(2)26(19)36(32,33)30(5)12-13-35-18-25(31)29(4)17-21-6-7-22-8-10-28(3)11-9-23(22)16-21/h6-7,14-16H,8-13,17-18H2,1-5H3. The number of hydrogen-bond acceptors (Lipinski definition) is 6. The summed E-state index contributed by atoms with van der Waals surface area (Å²) < 4.78 is 32.9. The van der Waals surface area contributed by atoms with E-state index in [0.29, 0.717) is 46.4 Å².